The summed E-state index contributed by atoms with van der Waals surface area (Å²) in [7, 11) is 1.72. The van der Waals surface area contributed by atoms with E-state index >= 15 is 0 Å². The highest BCUT2D eigenvalue weighted by atomic mass is 79.9. The second kappa shape index (κ2) is 4.15. The van der Waals surface area contributed by atoms with E-state index in [1.165, 1.54) is 0 Å². The fourth-order valence-corrected chi connectivity index (χ4v) is 3.63. The summed E-state index contributed by atoms with van der Waals surface area (Å²) in [6, 6.07) is 12.7. The normalized spacial score (nSPS) is 12.6. The number of fused-ring (bicyclic) bond motifs is 2. The molecule has 0 radical (unpaired) electrons. The highest BCUT2D eigenvalue weighted by Crippen LogP contribution is 2.40. The first kappa shape index (κ1) is 12.5. The summed E-state index contributed by atoms with van der Waals surface area (Å²) < 4.78 is 2.39. The fraction of sp³-hybridized carbons (Fsp3) is 0.0588. The van der Waals surface area contributed by atoms with Gasteiger partial charge in [-0.05, 0) is 39.2 Å². The lowest BCUT2D eigenvalue weighted by Crippen LogP contribution is -2.20. The molecule has 4 rings (SSSR count). The van der Waals surface area contributed by atoms with Crippen molar-refractivity contribution in [1.82, 2.24) is 4.57 Å². The Kier molecular flexibility index (Phi) is 2.48. The number of rotatable bonds is 0. The Morgan fingerprint density at radius 3 is 2.38 bits per heavy atom. The van der Waals surface area contributed by atoms with Crippen molar-refractivity contribution >= 4 is 32.6 Å². The Balaban J connectivity index is 2.35. The fourth-order valence-electron chi connectivity index (χ4n) is 3.03. The van der Waals surface area contributed by atoms with E-state index in [4.69, 9.17) is 0 Å². The van der Waals surface area contributed by atoms with Crippen molar-refractivity contribution in [3.63, 3.8) is 0 Å². The summed E-state index contributed by atoms with van der Waals surface area (Å²) in [5.74, 6) is 0.00856. The van der Waals surface area contributed by atoms with Crippen LogP contribution in [0.15, 0.2) is 51.7 Å². The van der Waals surface area contributed by atoms with Crippen LogP contribution in [0.2, 0.25) is 0 Å². The van der Waals surface area contributed by atoms with E-state index in [1.807, 2.05) is 36.4 Å². The molecule has 0 fully saturated rings. The summed E-state index contributed by atoms with van der Waals surface area (Å²) in [5, 5.41) is 0.843. The minimum atomic E-state index is -0.0838. The predicted octanol–water partition coefficient (Wildman–Crippen LogP) is 3.51. The molecular weight excluding hydrogens is 330 g/mol. The number of aryl methyl sites for hydroxylation is 1. The topological polar surface area (TPSA) is 39.1 Å². The average Bonchev–Trinajstić information content (AvgIpc) is 2.49. The molecule has 1 aliphatic rings. The van der Waals surface area contributed by atoms with E-state index in [2.05, 4.69) is 15.9 Å². The molecule has 0 bridgehead atoms. The summed E-state index contributed by atoms with van der Waals surface area (Å²) >= 11 is 3.49. The van der Waals surface area contributed by atoms with Gasteiger partial charge in [-0.2, -0.15) is 0 Å². The molecule has 4 heteroatoms. The third-order valence-corrected chi connectivity index (χ3v) is 4.68. The second-order valence-corrected chi connectivity index (χ2v) is 6.00. The van der Waals surface area contributed by atoms with E-state index in [0.717, 1.165) is 26.5 Å². The van der Waals surface area contributed by atoms with Gasteiger partial charge < -0.3 is 4.57 Å². The van der Waals surface area contributed by atoms with Gasteiger partial charge in [-0.15, -0.1) is 0 Å². The van der Waals surface area contributed by atoms with E-state index < -0.39 is 0 Å². The first-order valence-corrected chi connectivity index (χ1v) is 7.35. The van der Waals surface area contributed by atoms with Crippen molar-refractivity contribution in [2.24, 2.45) is 7.05 Å². The van der Waals surface area contributed by atoms with Gasteiger partial charge in [0.25, 0.3) is 5.56 Å². The minimum Gasteiger partial charge on any atom is -0.310 e. The van der Waals surface area contributed by atoms with Crippen molar-refractivity contribution in [2.45, 2.75) is 0 Å². The van der Waals surface area contributed by atoms with Crippen molar-refractivity contribution in [1.29, 1.82) is 0 Å². The number of carbonyl (C=O) groups excluding carboxylic acids is 1. The molecule has 1 heterocycles. The van der Waals surface area contributed by atoms with Crippen LogP contribution < -0.4 is 5.56 Å². The largest absolute Gasteiger partial charge is 0.310 e. The van der Waals surface area contributed by atoms with Crippen LogP contribution in [-0.4, -0.2) is 10.4 Å². The maximum atomic E-state index is 12.7. The number of hydrogen-bond acceptors (Lipinski definition) is 2. The molecule has 102 valence electrons. The van der Waals surface area contributed by atoms with Gasteiger partial charge in [0.05, 0.1) is 5.52 Å². The Morgan fingerprint density at radius 2 is 1.62 bits per heavy atom. The number of ketones is 1. The third-order valence-electron chi connectivity index (χ3n) is 4.04. The zero-order valence-electron chi connectivity index (χ0n) is 11.2. The highest BCUT2D eigenvalue weighted by molar-refractivity contribution is 9.10. The van der Waals surface area contributed by atoms with Crippen LogP contribution in [-0.2, 0) is 7.05 Å². The van der Waals surface area contributed by atoms with Crippen LogP contribution in [0.3, 0.4) is 0 Å². The molecule has 0 aliphatic heterocycles. The SMILES string of the molecule is Cn1c(=O)cc2c3c(ccc(Br)c31)C(=O)c1ccccc1-2. The second-order valence-electron chi connectivity index (χ2n) is 5.15. The van der Waals surface area contributed by atoms with Crippen molar-refractivity contribution in [2.75, 3.05) is 0 Å². The molecule has 0 amide bonds. The average molecular weight is 340 g/mol. The predicted molar refractivity (Wildman–Crippen MR) is 85.8 cm³/mol. The van der Waals surface area contributed by atoms with Gasteiger partial charge in [-0.25, -0.2) is 0 Å². The summed E-state index contributed by atoms with van der Waals surface area (Å²) in [6.45, 7) is 0. The number of halogens is 1. The van der Waals surface area contributed by atoms with Crippen LogP contribution in [0.25, 0.3) is 22.0 Å². The van der Waals surface area contributed by atoms with E-state index in [1.54, 1.807) is 17.7 Å². The number of pyridine rings is 1. The molecule has 0 spiro atoms. The molecule has 0 atom stereocenters. The summed E-state index contributed by atoms with van der Waals surface area (Å²) in [4.78, 5) is 24.9. The van der Waals surface area contributed by atoms with Crippen LogP contribution in [0.5, 0.6) is 0 Å². The van der Waals surface area contributed by atoms with E-state index in [9.17, 15) is 9.59 Å². The van der Waals surface area contributed by atoms with Crippen molar-refractivity contribution < 1.29 is 4.79 Å². The van der Waals surface area contributed by atoms with Crippen molar-refractivity contribution in [3.05, 3.63) is 68.4 Å². The van der Waals surface area contributed by atoms with Gasteiger partial charge in [-0.1, -0.05) is 24.3 Å². The number of hydrogen-bond donors (Lipinski definition) is 0. The molecule has 0 saturated carbocycles. The molecule has 0 N–H and O–H groups in total. The Hall–Kier alpha value is -2.20. The Bertz CT molecular complexity index is 1000. The van der Waals surface area contributed by atoms with Gasteiger partial charge in [0.2, 0.25) is 0 Å². The summed E-state index contributed by atoms with van der Waals surface area (Å²) in [5.41, 5.74) is 3.65. The molecule has 0 unspecified atom stereocenters. The van der Waals surface area contributed by atoms with Gasteiger partial charge in [0.15, 0.2) is 5.78 Å². The lowest BCUT2D eigenvalue weighted by atomic mass is 9.84. The van der Waals surface area contributed by atoms with Crippen LogP contribution >= 0.6 is 15.9 Å². The Labute approximate surface area is 129 Å². The Morgan fingerprint density at radius 1 is 0.905 bits per heavy atom. The van der Waals surface area contributed by atoms with Crippen LogP contribution in [0.4, 0.5) is 0 Å². The number of benzene rings is 2. The van der Waals surface area contributed by atoms with Crippen LogP contribution in [0.1, 0.15) is 15.9 Å². The molecule has 3 nitrogen and oxygen atoms in total. The number of carbonyl (C=O) groups is 1. The minimum absolute atomic E-state index is 0.00856. The molecule has 1 aliphatic carbocycles. The monoisotopic (exact) mass is 339 g/mol. The van der Waals surface area contributed by atoms with Gasteiger partial charge >= 0.3 is 0 Å². The first-order valence-electron chi connectivity index (χ1n) is 6.56. The van der Waals surface area contributed by atoms with Crippen LogP contribution in [0, 0.1) is 0 Å². The smallest absolute Gasteiger partial charge is 0.251 e. The van der Waals surface area contributed by atoms with E-state index in [-0.39, 0.29) is 11.3 Å². The van der Waals surface area contributed by atoms with Gasteiger partial charge in [-0.3, -0.25) is 9.59 Å². The third kappa shape index (κ3) is 1.54. The number of aromatic nitrogens is 1. The summed E-state index contributed by atoms with van der Waals surface area (Å²) in [6.07, 6.45) is 0. The highest BCUT2D eigenvalue weighted by Gasteiger charge is 2.26. The zero-order valence-corrected chi connectivity index (χ0v) is 12.8. The molecule has 1 aromatic heterocycles. The quantitative estimate of drug-likeness (QED) is 0.491. The standard InChI is InChI=1S/C17H10BrNO2/c1-19-14(20)8-12-9-4-2-3-5-10(9)17(21)11-6-7-13(18)16(19)15(11)12/h2-8H,1H3. The zero-order chi connectivity index (χ0) is 14.7. The maximum absolute atomic E-state index is 12.7. The lowest BCUT2D eigenvalue weighted by molar-refractivity contribution is 0.104. The van der Waals surface area contributed by atoms with E-state index in [0.29, 0.717) is 11.1 Å². The van der Waals surface area contributed by atoms with Gasteiger partial charge in [0.1, 0.15) is 0 Å². The molecule has 0 saturated heterocycles. The van der Waals surface area contributed by atoms with Gasteiger partial charge in [0, 0.05) is 34.1 Å². The molecule has 2 aromatic carbocycles. The molecule has 3 aromatic rings. The number of nitrogens with zero attached hydrogens (tertiary/aromatic N) is 1. The molecular formula is C17H10BrNO2. The first-order chi connectivity index (χ1) is 10.1. The maximum Gasteiger partial charge on any atom is 0.251 e. The lowest BCUT2D eigenvalue weighted by Gasteiger charge is -2.21. The molecule has 21 heavy (non-hydrogen) atoms. The van der Waals surface area contributed by atoms with Crippen molar-refractivity contribution in [3.8, 4) is 11.1 Å².